The highest BCUT2D eigenvalue weighted by Crippen LogP contribution is 2.43. The van der Waals surface area contributed by atoms with Gasteiger partial charge in [-0.1, -0.05) is 81.9 Å². The molecule has 30 radical (unpaired) electrons. The van der Waals surface area contributed by atoms with Crippen molar-refractivity contribution in [3.8, 4) is 39.9 Å². The summed E-state index contributed by atoms with van der Waals surface area (Å²) in [5.74, 6) is 0.0621. The van der Waals surface area contributed by atoms with Crippen LogP contribution in [-0.4, -0.2) is 137 Å². The highest BCUT2D eigenvalue weighted by molar-refractivity contribution is 6.71. The quantitative estimate of drug-likeness (QED) is 0.156. The SMILES string of the molecule is [B]c1c([B])c([B])c(-c2nc(-c3ccc4/c(=C(/C=C\C)c5ccc6c7c5c5c(c8c7c(n6-c6c([B])c([B])c([B])c([B])c6[B])=CCC8)CCC=C5)c(=C)oc4c3)nc(-c3c([B])c([B])c([B])c([B])c3[B])n2)c([B])c1[B]. The van der Waals surface area contributed by atoms with Gasteiger partial charge in [0.2, 0.25) is 0 Å². The molecule has 72 heavy (non-hydrogen) atoms. The number of hydrogen-bond acceptors (Lipinski definition) is 4. The minimum atomic E-state index is -0.0320. The zero-order chi connectivity index (χ0) is 51.1. The van der Waals surface area contributed by atoms with Gasteiger partial charge in [0.25, 0.3) is 0 Å². The van der Waals surface area contributed by atoms with Crippen LogP contribution in [0.4, 0.5) is 0 Å². The van der Waals surface area contributed by atoms with Crippen molar-refractivity contribution >= 4 is 257 Å². The van der Waals surface area contributed by atoms with Gasteiger partial charge in [-0.15, -0.1) is 49.2 Å². The fourth-order valence-electron chi connectivity index (χ4n) is 10.7. The Hall–Kier alpha value is -6.14. The topological polar surface area (TPSA) is 56.7 Å². The summed E-state index contributed by atoms with van der Waals surface area (Å²) in [6, 6.07) is 9.77. The first kappa shape index (κ1) is 48.1. The first-order valence-corrected chi connectivity index (χ1v) is 22.9. The van der Waals surface area contributed by atoms with E-state index in [1.54, 1.807) is 6.07 Å². The molecule has 3 heterocycles. The minimum absolute atomic E-state index is 0.00802. The lowest BCUT2D eigenvalue weighted by Crippen LogP contribution is -2.56. The molecule has 0 spiro atoms. The summed E-state index contributed by atoms with van der Waals surface area (Å²) in [5.41, 5.74) is 9.45. The molecule has 5 nitrogen and oxygen atoms in total. The van der Waals surface area contributed by atoms with Crippen molar-refractivity contribution in [1.82, 2.24) is 19.5 Å². The van der Waals surface area contributed by atoms with E-state index in [9.17, 15) is 0 Å². The van der Waals surface area contributed by atoms with Crippen LogP contribution in [0.3, 0.4) is 0 Å². The van der Waals surface area contributed by atoms with E-state index in [0.29, 0.717) is 22.2 Å². The van der Waals surface area contributed by atoms with Crippen molar-refractivity contribution in [3.05, 3.63) is 86.8 Å². The molecule has 0 bridgehead atoms. The fraction of sp³-hybridized carbons (Fsp3) is 0.0962. The average Bonchev–Trinajstić information content (AvgIpc) is 3.89. The zero-order valence-corrected chi connectivity index (χ0v) is 39.2. The Labute approximate surface area is 437 Å². The lowest BCUT2D eigenvalue weighted by atomic mass is 9.60. The van der Waals surface area contributed by atoms with E-state index < -0.39 is 0 Å². The van der Waals surface area contributed by atoms with Crippen molar-refractivity contribution in [1.29, 1.82) is 0 Å². The molecule has 2 aliphatic rings. The molecule has 0 atom stereocenters. The second-order valence-corrected chi connectivity index (χ2v) is 18.2. The van der Waals surface area contributed by atoms with Gasteiger partial charge in [-0.25, -0.2) is 15.0 Å². The summed E-state index contributed by atoms with van der Waals surface area (Å²) >= 11 is 0. The molecule has 0 N–H and O–H groups in total. The third-order valence-electron chi connectivity index (χ3n) is 14.3. The minimum Gasteiger partial charge on any atom is -0.457 e. The Balaban J connectivity index is 1.19. The van der Waals surface area contributed by atoms with E-state index in [1.165, 1.54) is 11.1 Å². The normalized spacial score (nSPS) is 13.7. The molecular formula is C52H23B15N4O. The number of furan rings is 1. The van der Waals surface area contributed by atoms with Crippen LogP contribution < -0.4 is 97.9 Å². The summed E-state index contributed by atoms with van der Waals surface area (Å²) in [6.07, 6.45) is 14.2. The number of fused-ring (bicyclic) bond motifs is 4. The molecule has 302 valence electrons. The van der Waals surface area contributed by atoms with Crippen molar-refractivity contribution in [2.24, 2.45) is 0 Å². The smallest absolute Gasteiger partial charge is 0.164 e. The predicted molar refractivity (Wildman–Crippen MR) is 315 cm³/mol. The van der Waals surface area contributed by atoms with Crippen LogP contribution in [0.5, 0.6) is 0 Å². The van der Waals surface area contributed by atoms with Gasteiger partial charge in [-0.3, -0.25) is 0 Å². The summed E-state index contributed by atoms with van der Waals surface area (Å²) < 4.78 is 8.67. The number of allylic oxidation sites excluding steroid dienone is 3. The molecule has 0 saturated carbocycles. The van der Waals surface area contributed by atoms with Crippen LogP contribution in [-0.2, 0) is 12.8 Å². The third-order valence-corrected chi connectivity index (χ3v) is 14.3. The van der Waals surface area contributed by atoms with E-state index in [1.807, 2.05) is 25.1 Å². The summed E-state index contributed by atoms with van der Waals surface area (Å²) in [5, 5.41) is 5.72. The van der Waals surface area contributed by atoms with Crippen LogP contribution in [0.25, 0.3) is 96.8 Å². The molecule has 0 fully saturated rings. The fourth-order valence-corrected chi connectivity index (χ4v) is 10.7. The van der Waals surface area contributed by atoms with E-state index >= 15 is 0 Å². The van der Waals surface area contributed by atoms with E-state index in [-0.39, 0.29) is 111 Å². The van der Waals surface area contributed by atoms with Crippen LogP contribution in [0.1, 0.15) is 42.0 Å². The second kappa shape index (κ2) is 17.5. The molecule has 20 heteroatoms. The first-order valence-electron chi connectivity index (χ1n) is 22.9. The van der Waals surface area contributed by atoms with E-state index in [2.05, 4.69) is 47.6 Å². The van der Waals surface area contributed by atoms with Crippen molar-refractivity contribution < 1.29 is 4.42 Å². The Kier molecular flexibility index (Phi) is 11.7. The van der Waals surface area contributed by atoms with Gasteiger partial charge in [-0.05, 0) is 84.0 Å². The molecule has 11 rings (SSSR count). The van der Waals surface area contributed by atoms with Gasteiger partial charge < -0.3 is 8.98 Å². The zero-order valence-electron chi connectivity index (χ0n) is 39.2. The molecule has 0 unspecified atom stereocenters. The molecule has 0 amide bonds. The van der Waals surface area contributed by atoms with Crippen LogP contribution >= 0.6 is 0 Å². The Morgan fingerprint density at radius 2 is 1.11 bits per heavy atom. The van der Waals surface area contributed by atoms with Crippen molar-refractivity contribution in [2.45, 2.75) is 32.6 Å². The molecular weight excluding hydrogens is 859 g/mol. The lowest BCUT2D eigenvalue weighted by Gasteiger charge is -2.23. The largest absolute Gasteiger partial charge is 0.457 e. The highest BCUT2D eigenvalue weighted by atomic mass is 16.3. The van der Waals surface area contributed by atoms with Crippen LogP contribution in [0.15, 0.2) is 53.0 Å². The highest BCUT2D eigenvalue weighted by Gasteiger charge is 2.29. The maximum atomic E-state index is 6.80. The van der Waals surface area contributed by atoms with Crippen LogP contribution in [0.2, 0.25) is 0 Å². The van der Waals surface area contributed by atoms with Gasteiger partial charge in [0.05, 0.1) is 10.9 Å². The summed E-state index contributed by atoms with van der Waals surface area (Å²) in [7, 11) is 96.7. The van der Waals surface area contributed by atoms with Gasteiger partial charge >= 0.3 is 0 Å². The Morgan fingerprint density at radius 3 is 1.68 bits per heavy atom. The predicted octanol–water partition coefficient (Wildman–Crippen LogP) is -7.79. The van der Waals surface area contributed by atoms with Gasteiger partial charge in [0.1, 0.15) is 129 Å². The second-order valence-electron chi connectivity index (χ2n) is 18.2. The average molecular weight is 882 g/mol. The van der Waals surface area contributed by atoms with Crippen molar-refractivity contribution in [3.63, 3.8) is 0 Å². The Morgan fingerprint density at radius 1 is 0.583 bits per heavy atom. The maximum Gasteiger partial charge on any atom is 0.164 e. The standard InChI is InChI=1S/C52H23B15N4O/c1-3-7-20(23-14-15-26-31-29(23)21-9-5-4-8-19(21)22-10-6-11-25(30(22)31)71(26)49-47(66)45(64)44(63)46(65)48(49)67)28-17(2)72-27-16-18(12-13-24(27)28)50-68-51(32-34(53)38(57)42(61)39(58)35(32)54)70-52(69-50)33-36(55)40(59)43(62)41(60)37(33)56/h3,5,7,9,11-16H,2,4,6,8,10H2,1H3/b7-3-,28-20-. The molecule has 6 aromatic carbocycles. The van der Waals surface area contributed by atoms with Crippen LogP contribution in [0, 0.1) is 0 Å². The van der Waals surface area contributed by atoms with Gasteiger partial charge in [0, 0.05) is 43.8 Å². The van der Waals surface area contributed by atoms with Gasteiger partial charge in [0.15, 0.2) is 17.5 Å². The summed E-state index contributed by atoms with van der Waals surface area (Å²) in [6.45, 7) is 6.43. The number of rotatable bonds is 6. The monoisotopic (exact) mass is 884 g/mol. The Bertz CT molecular complexity index is 4040. The molecule has 0 aliphatic heterocycles. The van der Waals surface area contributed by atoms with E-state index in [4.69, 9.17) is 137 Å². The molecule has 2 aliphatic carbocycles. The lowest BCUT2D eigenvalue weighted by molar-refractivity contribution is 0.577. The maximum absolute atomic E-state index is 6.80. The first-order chi connectivity index (χ1) is 34.4. The molecule has 3 aromatic heterocycles. The third kappa shape index (κ3) is 6.86. The summed E-state index contributed by atoms with van der Waals surface area (Å²) in [4.78, 5) is 14.4. The number of hydrogen-bond donors (Lipinski definition) is 0. The molecule has 9 aromatic rings. The number of aromatic nitrogens is 4. The number of benzene rings is 6. The molecule has 0 saturated heterocycles. The number of nitrogens with zero attached hydrogens (tertiary/aromatic N) is 4. The van der Waals surface area contributed by atoms with E-state index in [0.717, 1.165) is 80.0 Å². The van der Waals surface area contributed by atoms with Gasteiger partial charge in [-0.2, -0.15) is 0 Å². The van der Waals surface area contributed by atoms with Crippen molar-refractivity contribution in [2.75, 3.05) is 0 Å². The number of aryl methyl sites for hydroxylation is 1.